The maximum Gasteiger partial charge on any atom is 0.469 e. The molecule has 0 aliphatic rings. The number of nitriles is 1. The molecule has 0 aliphatic heterocycles. The Balaban J connectivity index is 2.12. The van der Waals surface area contributed by atoms with E-state index in [0.717, 1.165) is 18.4 Å². The highest BCUT2D eigenvalue weighted by molar-refractivity contribution is 7.46. The molecule has 1 atom stereocenters. The molecule has 0 aliphatic carbocycles. The molecule has 0 fully saturated rings. The van der Waals surface area contributed by atoms with Crippen LogP contribution in [0.5, 0.6) is 5.75 Å². The Labute approximate surface area is 236 Å². The lowest BCUT2D eigenvalue weighted by Gasteiger charge is -2.19. The SMILES string of the molecule is CCCCCCCCCCCCCCCCCCOCC(COP(=O)(O)O)OCc1ccc(OC)c(C#N)c1. The van der Waals surface area contributed by atoms with Gasteiger partial charge in [0.2, 0.25) is 0 Å². The van der Waals surface area contributed by atoms with Gasteiger partial charge in [-0.25, -0.2) is 4.57 Å². The summed E-state index contributed by atoms with van der Waals surface area (Å²) in [5.41, 5.74) is 1.13. The Morgan fingerprint density at radius 3 is 1.87 bits per heavy atom. The van der Waals surface area contributed by atoms with Crippen LogP contribution in [-0.2, 0) is 25.2 Å². The molecule has 224 valence electrons. The van der Waals surface area contributed by atoms with Gasteiger partial charge in [-0.3, -0.25) is 4.52 Å². The quantitative estimate of drug-likeness (QED) is 0.0855. The minimum atomic E-state index is -4.61. The van der Waals surface area contributed by atoms with Crippen molar-refractivity contribution < 1.29 is 33.1 Å². The summed E-state index contributed by atoms with van der Waals surface area (Å²) in [5, 5.41) is 9.25. The third-order valence-corrected chi connectivity index (χ3v) is 7.23. The van der Waals surface area contributed by atoms with Crippen molar-refractivity contribution in [3.05, 3.63) is 29.3 Å². The first-order valence-electron chi connectivity index (χ1n) is 14.9. The minimum Gasteiger partial charge on any atom is -0.495 e. The number of phosphoric ester groups is 1. The number of methoxy groups -OCH3 is 1. The molecule has 1 aromatic rings. The molecule has 0 heterocycles. The van der Waals surface area contributed by atoms with E-state index in [0.29, 0.717) is 17.9 Å². The fourth-order valence-electron chi connectivity index (χ4n) is 4.44. The highest BCUT2D eigenvalue weighted by atomic mass is 31.2. The molecule has 0 saturated heterocycles. The maximum absolute atomic E-state index is 11.1. The number of benzene rings is 1. The van der Waals surface area contributed by atoms with Crippen LogP contribution in [0.25, 0.3) is 0 Å². The third kappa shape index (κ3) is 20.1. The predicted octanol–water partition coefficient (Wildman–Crippen LogP) is 7.84. The van der Waals surface area contributed by atoms with Crippen LogP contribution in [0.4, 0.5) is 0 Å². The van der Waals surface area contributed by atoms with E-state index in [1.54, 1.807) is 18.2 Å². The van der Waals surface area contributed by atoms with Crippen molar-refractivity contribution in [3.8, 4) is 11.8 Å². The van der Waals surface area contributed by atoms with Crippen molar-refractivity contribution in [1.29, 1.82) is 5.26 Å². The predicted molar refractivity (Wildman–Crippen MR) is 155 cm³/mol. The van der Waals surface area contributed by atoms with Gasteiger partial charge in [-0.1, -0.05) is 109 Å². The zero-order valence-electron chi connectivity index (χ0n) is 24.3. The van der Waals surface area contributed by atoms with E-state index < -0.39 is 13.9 Å². The number of phosphoric acid groups is 1. The number of nitrogens with zero attached hydrogens (tertiary/aromatic N) is 1. The fraction of sp³-hybridized carbons (Fsp3) is 0.767. The Hall–Kier alpha value is -1.46. The molecule has 9 heteroatoms. The van der Waals surface area contributed by atoms with Gasteiger partial charge in [-0.05, 0) is 24.1 Å². The summed E-state index contributed by atoms with van der Waals surface area (Å²) in [5.74, 6) is 0.477. The summed E-state index contributed by atoms with van der Waals surface area (Å²) in [6.07, 6.45) is 20.3. The van der Waals surface area contributed by atoms with Crippen LogP contribution in [0.1, 0.15) is 121 Å². The minimum absolute atomic E-state index is 0.149. The first-order valence-corrected chi connectivity index (χ1v) is 16.4. The lowest BCUT2D eigenvalue weighted by atomic mass is 10.0. The van der Waals surface area contributed by atoms with Gasteiger partial charge in [-0.2, -0.15) is 5.26 Å². The average Bonchev–Trinajstić information content (AvgIpc) is 2.92. The zero-order chi connectivity index (χ0) is 28.6. The van der Waals surface area contributed by atoms with E-state index in [9.17, 15) is 9.83 Å². The number of hydrogen-bond donors (Lipinski definition) is 2. The maximum atomic E-state index is 11.1. The third-order valence-electron chi connectivity index (χ3n) is 6.74. The van der Waals surface area contributed by atoms with Crippen molar-refractivity contribution in [2.45, 2.75) is 122 Å². The molecular weight excluding hydrogens is 517 g/mol. The Morgan fingerprint density at radius 2 is 1.38 bits per heavy atom. The van der Waals surface area contributed by atoms with Crippen LogP contribution < -0.4 is 4.74 Å². The van der Waals surface area contributed by atoms with Crippen LogP contribution in [0.3, 0.4) is 0 Å². The van der Waals surface area contributed by atoms with Gasteiger partial charge in [-0.15, -0.1) is 0 Å². The summed E-state index contributed by atoms with van der Waals surface area (Å²) in [6, 6.07) is 7.20. The van der Waals surface area contributed by atoms with E-state index in [2.05, 4.69) is 17.5 Å². The molecule has 1 unspecified atom stereocenters. The van der Waals surface area contributed by atoms with E-state index in [4.69, 9.17) is 24.0 Å². The summed E-state index contributed by atoms with van der Waals surface area (Å²) in [4.78, 5) is 18.1. The monoisotopic (exact) mass is 569 g/mol. The van der Waals surface area contributed by atoms with Gasteiger partial charge in [0.1, 0.15) is 17.9 Å². The summed E-state index contributed by atoms with van der Waals surface area (Å²) in [6.45, 7) is 2.86. The Bertz CT molecular complexity index is 824. The van der Waals surface area contributed by atoms with Crippen LogP contribution in [0.2, 0.25) is 0 Å². The fourth-order valence-corrected chi connectivity index (χ4v) is 4.80. The smallest absolute Gasteiger partial charge is 0.469 e. The van der Waals surface area contributed by atoms with Gasteiger partial charge >= 0.3 is 7.82 Å². The molecule has 0 spiro atoms. The van der Waals surface area contributed by atoms with E-state index in [1.165, 1.54) is 97.0 Å². The first-order chi connectivity index (χ1) is 18.9. The first kappa shape index (κ1) is 35.6. The summed E-state index contributed by atoms with van der Waals surface area (Å²) >= 11 is 0. The van der Waals surface area contributed by atoms with Gasteiger partial charge in [0, 0.05) is 6.61 Å². The zero-order valence-corrected chi connectivity index (χ0v) is 25.2. The van der Waals surface area contributed by atoms with Crippen LogP contribution in [0, 0.1) is 11.3 Å². The Kier molecular flexibility index (Phi) is 21.2. The van der Waals surface area contributed by atoms with Crippen molar-refractivity contribution in [2.75, 3.05) is 26.9 Å². The van der Waals surface area contributed by atoms with Gasteiger partial charge in [0.15, 0.2) is 0 Å². The second kappa shape index (κ2) is 23.3. The van der Waals surface area contributed by atoms with Crippen LogP contribution in [-0.4, -0.2) is 42.8 Å². The number of rotatable bonds is 26. The van der Waals surface area contributed by atoms with Crippen molar-refractivity contribution in [1.82, 2.24) is 0 Å². The van der Waals surface area contributed by atoms with Gasteiger partial charge in [0.25, 0.3) is 0 Å². The molecule has 2 N–H and O–H groups in total. The second-order valence-corrected chi connectivity index (χ2v) is 11.5. The number of unbranched alkanes of at least 4 members (excludes halogenated alkanes) is 15. The largest absolute Gasteiger partial charge is 0.495 e. The van der Waals surface area contributed by atoms with E-state index in [1.807, 2.05) is 0 Å². The second-order valence-electron chi connectivity index (χ2n) is 10.2. The van der Waals surface area contributed by atoms with Crippen molar-refractivity contribution in [2.24, 2.45) is 0 Å². The number of ether oxygens (including phenoxy) is 3. The van der Waals surface area contributed by atoms with Crippen molar-refractivity contribution >= 4 is 7.82 Å². The average molecular weight is 570 g/mol. The summed E-state index contributed by atoms with van der Waals surface area (Å²) < 4.78 is 32.4. The van der Waals surface area contributed by atoms with E-state index in [-0.39, 0.29) is 19.8 Å². The Morgan fingerprint density at radius 1 is 0.846 bits per heavy atom. The molecule has 0 saturated carbocycles. The standard InChI is InChI=1S/C30H52NO7P/c1-3-4-5-6-7-8-9-10-11-12-13-14-15-16-17-18-21-36-25-29(26-38-39(32,33)34)37-24-27-19-20-30(35-2)28(22-27)23-31/h19-20,22,29H,3-18,21,24-26H2,1-2H3,(H2,32,33,34). The lowest BCUT2D eigenvalue weighted by Crippen LogP contribution is -2.25. The van der Waals surface area contributed by atoms with Crippen molar-refractivity contribution in [3.63, 3.8) is 0 Å². The topological polar surface area (TPSA) is 118 Å². The molecular formula is C30H52NO7P. The normalized spacial score (nSPS) is 12.4. The van der Waals surface area contributed by atoms with Crippen LogP contribution in [0.15, 0.2) is 18.2 Å². The molecule has 0 amide bonds. The van der Waals surface area contributed by atoms with E-state index >= 15 is 0 Å². The molecule has 1 rings (SSSR count). The summed E-state index contributed by atoms with van der Waals surface area (Å²) in [7, 11) is -3.11. The molecule has 1 aromatic carbocycles. The van der Waals surface area contributed by atoms with Gasteiger partial charge < -0.3 is 24.0 Å². The molecule has 0 radical (unpaired) electrons. The molecule has 0 aromatic heterocycles. The van der Waals surface area contributed by atoms with Gasteiger partial charge in [0.05, 0.1) is 32.5 Å². The molecule has 39 heavy (non-hydrogen) atoms. The molecule has 0 bridgehead atoms. The molecule has 8 nitrogen and oxygen atoms in total. The number of hydrogen-bond acceptors (Lipinski definition) is 6. The van der Waals surface area contributed by atoms with Crippen LogP contribution >= 0.6 is 7.82 Å². The highest BCUT2D eigenvalue weighted by Gasteiger charge is 2.19. The lowest BCUT2D eigenvalue weighted by molar-refractivity contribution is -0.0493. The highest BCUT2D eigenvalue weighted by Crippen LogP contribution is 2.36.